The number of amides is 1. The molecule has 0 atom stereocenters. The van der Waals surface area contributed by atoms with Crippen molar-refractivity contribution in [3.63, 3.8) is 0 Å². The lowest BCUT2D eigenvalue weighted by molar-refractivity contribution is -0.384. The summed E-state index contributed by atoms with van der Waals surface area (Å²) in [5.74, 6) is -0.0428. The maximum atomic E-state index is 12.0. The lowest BCUT2D eigenvalue weighted by Crippen LogP contribution is -2.29. The van der Waals surface area contributed by atoms with E-state index in [2.05, 4.69) is 10.5 Å². The number of carbonyl (C=O) groups is 1. The molecule has 2 aromatic carbocycles. The van der Waals surface area contributed by atoms with Gasteiger partial charge in [0.2, 0.25) is 0 Å². The normalized spacial score (nSPS) is 10.9. The van der Waals surface area contributed by atoms with Crippen LogP contribution < -0.4 is 10.1 Å². The molecule has 130 valence electrons. The number of oxime groups is 1. The lowest BCUT2D eigenvalue weighted by atomic mass is 10.0. The van der Waals surface area contributed by atoms with Gasteiger partial charge < -0.3 is 14.9 Å². The van der Waals surface area contributed by atoms with Gasteiger partial charge in [-0.3, -0.25) is 14.9 Å². The molecule has 0 radical (unpaired) electrons. The molecule has 0 saturated heterocycles. The number of nitro benzene ring substituents is 1. The van der Waals surface area contributed by atoms with E-state index in [0.29, 0.717) is 16.9 Å². The summed E-state index contributed by atoms with van der Waals surface area (Å²) in [6.45, 7) is 0.108. The number of likely N-dealkylation sites (N-methyl/N-ethyl adjacent to an activating group) is 1. The number of hydrogen-bond acceptors (Lipinski definition) is 6. The number of carbonyl (C=O) groups excluding carboxylic acids is 1. The summed E-state index contributed by atoms with van der Waals surface area (Å²) in [7, 11) is 2.85. The third kappa shape index (κ3) is 4.54. The molecule has 0 unspecified atom stereocenters. The number of ether oxygens (including phenoxy) is 1. The average Bonchev–Trinajstić information content (AvgIpc) is 2.64. The predicted molar refractivity (Wildman–Crippen MR) is 91.5 cm³/mol. The summed E-state index contributed by atoms with van der Waals surface area (Å²) in [4.78, 5) is 27.1. The van der Waals surface area contributed by atoms with Gasteiger partial charge in [-0.05, 0) is 11.6 Å². The fraction of sp³-hybridized carbons (Fsp3) is 0.176. The van der Waals surface area contributed by atoms with Gasteiger partial charge >= 0.3 is 0 Å². The van der Waals surface area contributed by atoms with Gasteiger partial charge in [0.05, 0.1) is 11.0 Å². The molecule has 0 fully saturated rings. The quantitative estimate of drug-likeness (QED) is 0.472. The Kier molecular flexibility index (Phi) is 6.05. The first-order valence-electron chi connectivity index (χ1n) is 7.35. The highest BCUT2D eigenvalue weighted by Crippen LogP contribution is 2.21. The largest absolute Gasteiger partial charge is 0.489 e. The lowest BCUT2D eigenvalue weighted by Gasteiger charge is -2.12. The van der Waals surface area contributed by atoms with Crippen LogP contribution >= 0.6 is 0 Å². The number of rotatable bonds is 7. The van der Waals surface area contributed by atoms with Gasteiger partial charge in [0.25, 0.3) is 11.6 Å². The average molecular weight is 343 g/mol. The summed E-state index contributed by atoms with van der Waals surface area (Å²) in [6.07, 6.45) is 0. The Morgan fingerprint density at radius 1 is 1.24 bits per heavy atom. The van der Waals surface area contributed by atoms with Crippen LogP contribution in [0.1, 0.15) is 11.1 Å². The highest BCUT2D eigenvalue weighted by atomic mass is 16.6. The molecule has 8 heteroatoms. The molecule has 2 aromatic rings. The molecular weight excluding hydrogens is 326 g/mol. The molecule has 0 saturated carbocycles. The third-order valence-corrected chi connectivity index (χ3v) is 3.32. The molecular formula is C17H17N3O5. The summed E-state index contributed by atoms with van der Waals surface area (Å²) >= 11 is 0. The molecule has 0 heterocycles. The summed E-state index contributed by atoms with van der Waals surface area (Å²) in [5.41, 5.74) is 1.29. The highest BCUT2D eigenvalue weighted by Gasteiger charge is 2.17. The second kappa shape index (κ2) is 8.44. The molecule has 0 aliphatic carbocycles. The van der Waals surface area contributed by atoms with Crippen LogP contribution in [-0.4, -0.2) is 30.7 Å². The molecule has 0 aliphatic heterocycles. The van der Waals surface area contributed by atoms with Crippen LogP contribution in [0.15, 0.2) is 53.7 Å². The number of benzene rings is 2. The number of nitro groups is 1. The topological polar surface area (TPSA) is 103 Å². The van der Waals surface area contributed by atoms with Gasteiger partial charge in [0, 0.05) is 18.7 Å². The number of nitrogens with one attached hydrogen (secondary N) is 1. The smallest absolute Gasteiger partial charge is 0.273 e. The van der Waals surface area contributed by atoms with E-state index < -0.39 is 10.8 Å². The predicted octanol–water partition coefficient (Wildman–Crippen LogP) is 2.27. The molecule has 1 N–H and O–H groups in total. The van der Waals surface area contributed by atoms with E-state index in [1.54, 1.807) is 36.4 Å². The SMILES string of the molecule is CNC(=O)/C(=N\OC)c1ccccc1COc1cccc([N+](=O)[O-])c1. The minimum absolute atomic E-state index is 0.0576. The Hall–Kier alpha value is -3.42. The van der Waals surface area contributed by atoms with E-state index in [1.807, 2.05) is 0 Å². The van der Waals surface area contributed by atoms with Crippen molar-refractivity contribution in [3.8, 4) is 5.75 Å². The summed E-state index contributed by atoms with van der Waals surface area (Å²) in [5, 5.41) is 17.1. The molecule has 0 bridgehead atoms. The van der Waals surface area contributed by atoms with Crippen molar-refractivity contribution in [1.82, 2.24) is 5.32 Å². The summed E-state index contributed by atoms with van der Waals surface area (Å²) in [6, 6.07) is 13.0. The molecule has 0 aromatic heterocycles. The van der Waals surface area contributed by atoms with Gasteiger partial charge in [0.15, 0.2) is 5.71 Å². The number of non-ortho nitro benzene ring substituents is 1. The van der Waals surface area contributed by atoms with E-state index in [-0.39, 0.29) is 18.0 Å². The zero-order chi connectivity index (χ0) is 18.2. The Morgan fingerprint density at radius 2 is 2.00 bits per heavy atom. The van der Waals surface area contributed by atoms with Gasteiger partial charge in [-0.15, -0.1) is 0 Å². The van der Waals surface area contributed by atoms with Crippen molar-refractivity contribution in [1.29, 1.82) is 0 Å². The fourth-order valence-corrected chi connectivity index (χ4v) is 2.15. The molecule has 0 spiro atoms. The zero-order valence-electron chi connectivity index (χ0n) is 13.8. The van der Waals surface area contributed by atoms with E-state index in [1.165, 1.54) is 26.3 Å². The van der Waals surface area contributed by atoms with Crippen molar-refractivity contribution >= 4 is 17.3 Å². The molecule has 1 amide bonds. The van der Waals surface area contributed by atoms with Crippen LogP contribution in [0.2, 0.25) is 0 Å². The van der Waals surface area contributed by atoms with Crippen molar-refractivity contribution < 1.29 is 19.3 Å². The van der Waals surface area contributed by atoms with Crippen molar-refractivity contribution in [3.05, 3.63) is 69.8 Å². The van der Waals surface area contributed by atoms with Crippen LogP contribution in [0.25, 0.3) is 0 Å². The Balaban J connectivity index is 2.26. The molecule has 0 aliphatic rings. The van der Waals surface area contributed by atoms with Crippen LogP contribution in [-0.2, 0) is 16.2 Å². The molecule has 2 rings (SSSR count). The first-order valence-corrected chi connectivity index (χ1v) is 7.35. The van der Waals surface area contributed by atoms with Crippen LogP contribution in [0.5, 0.6) is 5.75 Å². The Morgan fingerprint density at radius 3 is 2.68 bits per heavy atom. The maximum Gasteiger partial charge on any atom is 0.273 e. The van der Waals surface area contributed by atoms with Crippen molar-refractivity contribution in [2.75, 3.05) is 14.2 Å². The first kappa shape index (κ1) is 17.9. The van der Waals surface area contributed by atoms with E-state index >= 15 is 0 Å². The maximum absolute atomic E-state index is 12.0. The molecule has 8 nitrogen and oxygen atoms in total. The number of hydrogen-bond donors (Lipinski definition) is 1. The minimum atomic E-state index is -0.490. The Labute approximate surface area is 144 Å². The molecule has 25 heavy (non-hydrogen) atoms. The van der Waals surface area contributed by atoms with E-state index in [0.717, 1.165) is 0 Å². The van der Waals surface area contributed by atoms with E-state index in [4.69, 9.17) is 9.57 Å². The second-order valence-corrected chi connectivity index (χ2v) is 4.90. The van der Waals surface area contributed by atoms with Crippen LogP contribution in [0, 0.1) is 10.1 Å². The van der Waals surface area contributed by atoms with Crippen molar-refractivity contribution in [2.24, 2.45) is 5.16 Å². The standard InChI is InChI=1S/C17H17N3O5/c1-18-17(21)16(19-24-2)15-9-4-3-6-12(15)11-25-14-8-5-7-13(10-14)20(22)23/h3-10H,11H2,1-2H3,(H,18,21)/b19-16-. The second-order valence-electron chi connectivity index (χ2n) is 4.90. The zero-order valence-corrected chi connectivity index (χ0v) is 13.8. The van der Waals surface area contributed by atoms with E-state index in [9.17, 15) is 14.9 Å². The first-order chi connectivity index (χ1) is 12.1. The number of nitrogens with zero attached hydrogens (tertiary/aromatic N) is 2. The van der Waals surface area contributed by atoms with Crippen molar-refractivity contribution in [2.45, 2.75) is 6.61 Å². The monoisotopic (exact) mass is 343 g/mol. The van der Waals surface area contributed by atoms with Crippen LogP contribution in [0.3, 0.4) is 0 Å². The summed E-state index contributed by atoms with van der Waals surface area (Å²) < 4.78 is 5.63. The van der Waals surface area contributed by atoms with Gasteiger partial charge in [0.1, 0.15) is 19.5 Å². The van der Waals surface area contributed by atoms with Gasteiger partial charge in [-0.2, -0.15) is 0 Å². The minimum Gasteiger partial charge on any atom is -0.489 e. The highest BCUT2D eigenvalue weighted by molar-refractivity contribution is 6.45. The van der Waals surface area contributed by atoms with Crippen LogP contribution in [0.4, 0.5) is 5.69 Å². The van der Waals surface area contributed by atoms with Gasteiger partial charge in [-0.1, -0.05) is 35.5 Å². The van der Waals surface area contributed by atoms with Gasteiger partial charge in [-0.25, -0.2) is 0 Å². The fourth-order valence-electron chi connectivity index (χ4n) is 2.15. The Bertz CT molecular complexity index is 804. The third-order valence-electron chi connectivity index (χ3n) is 3.32.